The largest absolute Gasteiger partial charge is 0.476 e. The molecule has 5 nitrogen and oxygen atoms in total. The smallest absolute Gasteiger partial charge is 0.356 e. The fourth-order valence-corrected chi connectivity index (χ4v) is 2.51. The highest BCUT2D eigenvalue weighted by atomic mass is 16.4. The van der Waals surface area contributed by atoms with Crippen LogP contribution in [0.25, 0.3) is 0 Å². The number of carboxylic acid groups (broad SMARTS) is 1. The molecule has 0 spiro atoms. The molecule has 19 heavy (non-hydrogen) atoms. The van der Waals surface area contributed by atoms with E-state index in [1.54, 1.807) is 10.7 Å². The highest BCUT2D eigenvalue weighted by Crippen LogP contribution is 2.30. The van der Waals surface area contributed by atoms with Crippen molar-refractivity contribution in [3.63, 3.8) is 0 Å². The topological polar surface area (TPSA) is 67.2 Å². The predicted octanol–water partition coefficient (Wildman–Crippen LogP) is 2.29. The number of nitrogens with zero attached hydrogens (tertiary/aromatic N) is 2. The first-order valence-electron chi connectivity index (χ1n) is 6.28. The fraction of sp³-hybridized carbons (Fsp3) is 0.286. The summed E-state index contributed by atoms with van der Waals surface area (Å²) >= 11 is 0. The predicted molar refractivity (Wildman–Crippen MR) is 71.6 cm³/mol. The summed E-state index contributed by atoms with van der Waals surface area (Å²) in [7, 11) is 0. The SMILES string of the molecule is Cc1cccc(C2CCNc3cc(C(=O)O)nn32)c1. The number of benzene rings is 1. The van der Waals surface area contributed by atoms with Crippen LogP contribution in [-0.4, -0.2) is 27.4 Å². The van der Waals surface area contributed by atoms with Crippen LogP contribution in [0.4, 0.5) is 5.82 Å². The number of hydrogen-bond acceptors (Lipinski definition) is 3. The maximum absolute atomic E-state index is 11.0. The van der Waals surface area contributed by atoms with Gasteiger partial charge in [0.05, 0.1) is 6.04 Å². The van der Waals surface area contributed by atoms with Gasteiger partial charge in [-0.2, -0.15) is 5.10 Å². The normalized spacial score (nSPS) is 17.6. The zero-order valence-electron chi connectivity index (χ0n) is 10.6. The first-order chi connectivity index (χ1) is 9.15. The van der Waals surface area contributed by atoms with E-state index < -0.39 is 5.97 Å². The Morgan fingerprint density at radius 2 is 2.32 bits per heavy atom. The molecule has 0 bridgehead atoms. The monoisotopic (exact) mass is 257 g/mol. The molecule has 1 unspecified atom stereocenters. The Balaban J connectivity index is 2.04. The number of carbonyl (C=O) groups is 1. The second kappa shape index (κ2) is 4.42. The fourth-order valence-electron chi connectivity index (χ4n) is 2.51. The molecule has 0 aliphatic carbocycles. The lowest BCUT2D eigenvalue weighted by atomic mass is 10.0. The molecule has 98 valence electrons. The lowest BCUT2D eigenvalue weighted by Crippen LogP contribution is -2.24. The number of fused-ring (bicyclic) bond motifs is 1. The Morgan fingerprint density at radius 3 is 3.05 bits per heavy atom. The number of hydrogen-bond donors (Lipinski definition) is 2. The summed E-state index contributed by atoms with van der Waals surface area (Å²) in [5.74, 6) is -0.221. The van der Waals surface area contributed by atoms with Gasteiger partial charge < -0.3 is 10.4 Å². The second-order valence-corrected chi connectivity index (χ2v) is 4.81. The molecular weight excluding hydrogens is 242 g/mol. The van der Waals surface area contributed by atoms with Crippen molar-refractivity contribution in [2.45, 2.75) is 19.4 Å². The van der Waals surface area contributed by atoms with Crippen LogP contribution in [0.3, 0.4) is 0 Å². The average Bonchev–Trinajstić information content (AvgIpc) is 2.82. The highest BCUT2D eigenvalue weighted by Gasteiger charge is 2.24. The third-order valence-electron chi connectivity index (χ3n) is 3.40. The number of aromatic carboxylic acids is 1. The van der Waals surface area contributed by atoms with E-state index in [1.165, 1.54) is 11.1 Å². The van der Waals surface area contributed by atoms with Crippen LogP contribution >= 0.6 is 0 Å². The van der Waals surface area contributed by atoms with Gasteiger partial charge in [-0.1, -0.05) is 29.8 Å². The van der Waals surface area contributed by atoms with Crippen molar-refractivity contribution in [1.29, 1.82) is 0 Å². The van der Waals surface area contributed by atoms with Crippen LogP contribution in [0.5, 0.6) is 0 Å². The Morgan fingerprint density at radius 1 is 1.47 bits per heavy atom. The van der Waals surface area contributed by atoms with Crippen molar-refractivity contribution < 1.29 is 9.90 Å². The molecule has 1 aliphatic heterocycles. The van der Waals surface area contributed by atoms with E-state index in [4.69, 9.17) is 5.11 Å². The summed E-state index contributed by atoms with van der Waals surface area (Å²) in [6.45, 7) is 2.88. The Bertz CT molecular complexity index is 633. The van der Waals surface area contributed by atoms with E-state index in [1.807, 2.05) is 6.07 Å². The van der Waals surface area contributed by atoms with E-state index in [0.717, 1.165) is 18.8 Å². The molecule has 2 aromatic rings. The van der Waals surface area contributed by atoms with Crippen LogP contribution in [0.1, 0.15) is 34.1 Å². The molecule has 0 fully saturated rings. The molecule has 1 aliphatic rings. The second-order valence-electron chi connectivity index (χ2n) is 4.81. The van der Waals surface area contributed by atoms with Crippen LogP contribution in [0.15, 0.2) is 30.3 Å². The maximum Gasteiger partial charge on any atom is 0.356 e. The van der Waals surface area contributed by atoms with Crippen molar-refractivity contribution in [3.8, 4) is 0 Å². The minimum atomic E-state index is -0.994. The Kier molecular flexibility index (Phi) is 2.74. The maximum atomic E-state index is 11.0. The van der Waals surface area contributed by atoms with Gasteiger partial charge in [-0.3, -0.25) is 0 Å². The van der Waals surface area contributed by atoms with Crippen LogP contribution in [0, 0.1) is 6.92 Å². The molecule has 0 saturated carbocycles. The molecule has 5 heteroatoms. The number of carboxylic acids is 1. The zero-order chi connectivity index (χ0) is 13.4. The van der Waals surface area contributed by atoms with Gasteiger partial charge in [-0.05, 0) is 18.9 Å². The molecular formula is C14H15N3O2. The summed E-state index contributed by atoms with van der Waals surface area (Å²) in [5, 5.41) is 16.4. The third-order valence-corrected chi connectivity index (χ3v) is 3.40. The Hall–Kier alpha value is -2.30. The quantitative estimate of drug-likeness (QED) is 0.866. The van der Waals surface area contributed by atoms with Crippen molar-refractivity contribution in [2.24, 2.45) is 0 Å². The van der Waals surface area contributed by atoms with Crippen molar-refractivity contribution in [2.75, 3.05) is 11.9 Å². The van der Waals surface area contributed by atoms with E-state index in [-0.39, 0.29) is 11.7 Å². The molecule has 0 saturated heterocycles. The van der Waals surface area contributed by atoms with Gasteiger partial charge in [-0.15, -0.1) is 0 Å². The van der Waals surface area contributed by atoms with Gasteiger partial charge in [0, 0.05) is 12.6 Å². The summed E-state index contributed by atoms with van der Waals surface area (Å²) in [5.41, 5.74) is 2.45. The van der Waals surface area contributed by atoms with Crippen molar-refractivity contribution in [1.82, 2.24) is 9.78 Å². The van der Waals surface area contributed by atoms with Gasteiger partial charge in [-0.25, -0.2) is 9.48 Å². The average molecular weight is 257 g/mol. The van der Waals surface area contributed by atoms with Crippen LogP contribution < -0.4 is 5.32 Å². The number of rotatable bonds is 2. The molecule has 0 radical (unpaired) electrons. The first kappa shape index (κ1) is 11.8. The van der Waals surface area contributed by atoms with Gasteiger partial charge in [0.15, 0.2) is 5.69 Å². The lowest BCUT2D eigenvalue weighted by molar-refractivity contribution is 0.0689. The number of anilines is 1. The summed E-state index contributed by atoms with van der Waals surface area (Å²) in [4.78, 5) is 11.0. The molecule has 2 heterocycles. The molecule has 1 aromatic heterocycles. The molecule has 2 N–H and O–H groups in total. The standard InChI is InChI=1S/C14H15N3O2/c1-9-3-2-4-10(7-9)12-5-6-15-13-8-11(14(18)19)16-17(12)13/h2-4,7-8,12,15H,5-6H2,1H3,(H,18,19). The number of nitrogens with one attached hydrogen (secondary N) is 1. The molecule has 1 aromatic carbocycles. The summed E-state index contributed by atoms with van der Waals surface area (Å²) < 4.78 is 1.78. The van der Waals surface area contributed by atoms with Crippen LogP contribution in [-0.2, 0) is 0 Å². The third kappa shape index (κ3) is 2.07. The van der Waals surface area contributed by atoms with Gasteiger partial charge in [0.1, 0.15) is 5.82 Å². The van der Waals surface area contributed by atoms with E-state index >= 15 is 0 Å². The first-order valence-corrected chi connectivity index (χ1v) is 6.28. The molecule has 1 atom stereocenters. The van der Waals surface area contributed by atoms with E-state index in [0.29, 0.717) is 0 Å². The van der Waals surface area contributed by atoms with E-state index in [9.17, 15) is 4.79 Å². The van der Waals surface area contributed by atoms with Crippen molar-refractivity contribution >= 4 is 11.8 Å². The lowest BCUT2D eigenvalue weighted by Gasteiger charge is -2.26. The highest BCUT2D eigenvalue weighted by molar-refractivity contribution is 5.86. The zero-order valence-corrected chi connectivity index (χ0v) is 10.6. The number of aromatic nitrogens is 2. The van der Waals surface area contributed by atoms with Gasteiger partial charge >= 0.3 is 5.97 Å². The minimum Gasteiger partial charge on any atom is -0.476 e. The summed E-state index contributed by atoms with van der Waals surface area (Å²) in [6, 6.07) is 9.95. The summed E-state index contributed by atoms with van der Waals surface area (Å²) in [6.07, 6.45) is 0.900. The van der Waals surface area contributed by atoms with Gasteiger partial charge in [0.2, 0.25) is 0 Å². The van der Waals surface area contributed by atoms with E-state index in [2.05, 4.69) is 35.5 Å². The van der Waals surface area contributed by atoms with Crippen molar-refractivity contribution in [3.05, 3.63) is 47.2 Å². The van der Waals surface area contributed by atoms with Gasteiger partial charge in [0.25, 0.3) is 0 Å². The minimum absolute atomic E-state index is 0.0852. The number of aryl methyl sites for hydroxylation is 1. The Labute approximate surface area is 110 Å². The molecule has 3 rings (SSSR count). The molecule has 0 amide bonds. The van der Waals surface area contributed by atoms with Crippen LogP contribution in [0.2, 0.25) is 0 Å².